The smallest absolute Gasteiger partial charge is 0.321 e. The van der Waals surface area contributed by atoms with Gasteiger partial charge < -0.3 is 4.74 Å². The van der Waals surface area contributed by atoms with Crippen molar-refractivity contribution in [2.24, 2.45) is 0 Å². The Hall–Kier alpha value is -2.88. The molecule has 0 bridgehead atoms. The maximum absolute atomic E-state index is 13.4. The summed E-state index contributed by atoms with van der Waals surface area (Å²) in [5, 5.41) is 0. The summed E-state index contributed by atoms with van der Waals surface area (Å²) in [6.07, 6.45) is 7.28. The number of carbonyl (C=O) groups is 1. The van der Waals surface area contributed by atoms with Crippen molar-refractivity contribution in [3.63, 3.8) is 0 Å². The number of imidazole rings is 1. The molecular formula is C25H27N2O2+. The van der Waals surface area contributed by atoms with Crippen molar-refractivity contribution in [1.82, 2.24) is 4.57 Å². The Morgan fingerprint density at radius 2 is 1.72 bits per heavy atom. The first-order valence-corrected chi connectivity index (χ1v) is 10.6. The van der Waals surface area contributed by atoms with E-state index in [-0.39, 0.29) is 12.1 Å². The van der Waals surface area contributed by atoms with Crippen LogP contribution in [-0.2, 0) is 28.0 Å². The lowest BCUT2D eigenvalue weighted by Crippen LogP contribution is -2.42. The third-order valence-corrected chi connectivity index (χ3v) is 6.58. The van der Waals surface area contributed by atoms with Gasteiger partial charge in [-0.15, -0.1) is 0 Å². The number of rotatable bonds is 4. The van der Waals surface area contributed by atoms with Crippen LogP contribution in [0.4, 0.5) is 0 Å². The molecule has 0 spiro atoms. The molecule has 0 radical (unpaired) electrons. The Kier molecular flexibility index (Phi) is 4.50. The Morgan fingerprint density at radius 1 is 1.07 bits per heavy atom. The highest BCUT2D eigenvalue weighted by Gasteiger charge is 2.52. The van der Waals surface area contributed by atoms with Gasteiger partial charge in [0.05, 0.1) is 12.5 Å². The molecule has 0 N–H and O–H groups in total. The topological polar surface area (TPSA) is 35.1 Å². The number of hydrogen-bond donors (Lipinski definition) is 0. The van der Waals surface area contributed by atoms with E-state index in [1.165, 1.54) is 18.7 Å². The molecule has 2 aliphatic rings. The van der Waals surface area contributed by atoms with Crippen molar-refractivity contribution < 1.29 is 14.1 Å². The maximum Gasteiger partial charge on any atom is 0.321 e. The van der Waals surface area contributed by atoms with E-state index in [9.17, 15) is 4.79 Å². The van der Waals surface area contributed by atoms with Gasteiger partial charge in [-0.25, -0.2) is 9.13 Å². The summed E-state index contributed by atoms with van der Waals surface area (Å²) >= 11 is 0. The van der Waals surface area contributed by atoms with Crippen LogP contribution in [0.2, 0.25) is 0 Å². The first-order chi connectivity index (χ1) is 14.2. The number of aryl methyl sites for hydroxylation is 1. The van der Waals surface area contributed by atoms with Gasteiger partial charge in [-0.2, -0.15) is 0 Å². The fraction of sp³-hybridized carbons (Fsp3) is 0.360. The van der Waals surface area contributed by atoms with E-state index in [0.29, 0.717) is 18.9 Å². The molecule has 3 heterocycles. The Labute approximate surface area is 171 Å². The highest BCUT2D eigenvalue weighted by atomic mass is 16.6. The minimum absolute atomic E-state index is 0.137. The van der Waals surface area contributed by atoms with Crippen LogP contribution in [0.5, 0.6) is 0 Å². The number of esters is 1. The lowest BCUT2D eigenvalue weighted by molar-refractivity contribution is -0.710. The zero-order valence-corrected chi connectivity index (χ0v) is 16.8. The third kappa shape index (κ3) is 2.98. The summed E-state index contributed by atoms with van der Waals surface area (Å²) < 4.78 is 10.7. The molecular weight excluding hydrogens is 360 g/mol. The predicted octanol–water partition coefficient (Wildman–Crippen LogP) is 3.97. The van der Waals surface area contributed by atoms with E-state index in [4.69, 9.17) is 4.74 Å². The minimum atomic E-state index is -0.737. The Bertz CT molecular complexity index is 970. The van der Waals surface area contributed by atoms with Crippen molar-refractivity contribution in [2.75, 3.05) is 0 Å². The molecule has 4 heteroatoms. The molecule has 2 aliphatic heterocycles. The first-order valence-electron chi connectivity index (χ1n) is 10.6. The summed E-state index contributed by atoms with van der Waals surface area (Å²) in [4.78, 5) is 13.4. The van der Waals surface area contributed by atoms with Crippen molar-refractivity contribution in [2.45, 2.75) is 56.7 Å². The molecule has 1 saturated heterocycles. The molecule has 2 atom stereocenters. The second-order valence-corrected chi connectivity index (χ2v) is 8.41. The van der Waals surface area contributed by atoms with E-state index in [2.05, 4.69) is 28.5 Å². The maximum atomic E-state index is 13.4. The molecule has 1 fully saturated rings. The number of aromatic nitrogens is 2. The van der Waals surface area contributed by atoms with E-state index in [0.717, 1.165) is 17.7 Å². The van der Waals surface area contributed by atoms with Gasteiger partial charge in [0.15, 0.2) is 0 Å². The quantitative estimate of drug-likeness (QED) is 0.501. The van der Waals surface area contributed by atoms with Crippen LogP contribution in [0.3, 0.4) is 0 Å². The van der Waals surface area contributed by atoms with Gasteiger partial charge in [-0.1, -0.05) is 67.6 Å². The number of cyclic esters (lactones) is 1. The van der Waals surface area contributed by atoms with E-state index >= 15 is 0 Å². The fourth-order valence-electron chi connectivity index (χ4n) is 5.21. The normalized spacial score (nSPS) is 22.9. The molecule has 0 aliphatic carbocycles. The predicted molar refractivity (Wildman–Crippen MR) is 110 cm³/mol. The number of carbonyl (C=O) groups excluding carboxylic acids is 1. The van der Waals surface area contributed by atoms with E-state index in [1.807, 2.05) is 60.7 Å². The van der Waals surface area contributed by atoms with Crippen LogP contribution in [-0.4, -0.2) is 16.6 Å². The zero-order valence-electron chi connectivity index (χ0n) is 16.8. The third-order valence-electron chi connectivity index (χ3n) is 6.58. The average molecular weight is 388 g/mol. The molecule has 0 amide bonds. The van der Waals surface area contributed by atoms with E-state index in [1.54, 1.807) is 0 Å². The molecule has 1 aromatic heterocycles. The monoisotopic (exact) mass is 387 g/mol. The SMILES string of the molecule is CC1CCC[n+]2ccn(CC3CC(c4ccccc4)(c4ccccc4)C(=O)O3)c21. The second-order valence-electron chi connectivity index (χ2n) is 8.41. The molecule has 2 aromatic carbocycles. The van der Waals surface area contributed by atoms with Crippen LogP contribution >= 0.6 is 0 Å². The lowest BCUT2D eigenvalue weighted by Gasteiger charge is -2.26. The van der Waals surface area contributed by atoms with Crippen LogP contribution in [0.25, 0.3) is 0 Å². The molecule has 29 heavy (non-hydrogen) atoms. The first kappa shape index (κ1) is 18.2. The number of ether oxygens (including phenoxy) is 1. The van der Waals surface area contributed by atoms with Crippen molar-refractivity contribution >= 4 is 5.97 Å². The molecule has 3 aromatic rings. The van der Waals surface area contributed by atoms with E-state index < -0.39 is 5.41 Å². The molecule has 5 rings (SSSR count). The number of nitrogens with zero attached hydrogens (tertiary/aromatic N) is 2. The van der Waals surface area contributed by atoms with Gasteiger partial charge in [-0.3, -0.25) is 4.79 Å². The zero-order chi connectivity index (χ0) is 19.8. The summed E-state index contributed by atoms with van der Waals surface area (Å²) in [6.45, 7) is 4.08. The van der Waals surface area contributed by atoms with Gasteiger partial charge in [0, 0.05) is 6.42 Å². The van der Waals surface area contributed by atoms with Gasteiger partial charge in [0.1, 0.15) is 30.5 Å². The largest absolute Gasteiger partial charge is 0.457 e. The summed E-state index contributed by atoms with van der Waals surface area (Å²) in [5.41, 5.74) is 1.28. The van der Waals surface area contributed by atoms with Gasteiger partial charge in [-0.05, 0) is 24.0 Å². The second kappa shape index (κ2) is 7.18. The number of hydrogen-bond acceptors (Lipinski definition) is 2. The lowest BCUT2D eigenvalue weighted by atomic mass is 9.72. The standard InChI is InChI=1S/C25H27N2O2/c1-19-9-8-14-26-15-16-27(23(19)26)18-22-17-25(24(28)29-22,20-10-4-2-5-11-20)21-12-6-3-7-13-21/h2-7,10-13,15-16,19,22H,8-9,14,17-18H2,1H3/q+1. The number of benzene rings is 2. The molecule has 148 valence electrons. The molecule has 0 saturated carbocycles. The van der Waals surface area contributed by atoms with Crippen LogP contribution in [0.15, 0.2) is 73.1 Å². The van der Waals surface area contributed by atoms with Gasteiger partial charge >= 0.3 is 5.97 Å². The van der Waals surface area contributed by atoms with Crippen LogP contribution in [0.1, 0.15) is 49.1 Å². The van der Waals surface area contributed by atoms with Gasteiger partial charge in [0.2, 0.25) is 0 Å². The minimum Gasteiger partial charge on any atom is -0.457 e. The number of fused-ring (bicyclic) bond motifs is 1. The van der Waals surface area contributed by atoms with Crippen LogP contribution in [0, 0.1) is 0 Å². The Balaban J connectivity index is 1.50. The highest BCUT2D eigenvalue weighted by Crippen LogP contribution is 2.43. The summed E-state index contributed by atoms with van der Waals surface area (Å²) in [5.74, 6) is 1.75. The summed E-state index contributed by atoms with van der Waals surface area (Å²) in [7, 11) is 0. The average Bonchev–Trinajstić information content (AvgIpc) is 3.32. The van der Waals surface area contributed by atoms with Crippen molar-refractivity contribution in [1.29, 1.82) is 0 Å². The van der Waals surface area contributed by atoms with Crippen molar-refractivity contribution in [3.8, 4) is 0 Å². The van der Waals surface area contributed by atoms with Crippen molar-refractivity contribution in [3.05, 3.63) is 90.0 Å². The molecule has 4 nitrogen and oxygen atoms in total. The summed E-state index contributed by atoms with van der Waals surface area (Å²) in [6, 6.07) is 20.2. The highest BCUT2D eigenvalue weighted by molar-refractivity contribution is 5.89. The van der Waals surface area contributed by atoms with Crippen LogP contribution < -0.4 is 4.57 Å². The Morgan fingerprint density at radius 3 is 2.38 bits per heavy atom. The molecule has 2 unspecified atom stereocenters. The fourth-order valence-corrected chi connectivity index (χ4v) is 5.21. The van der Waals surface area contributed by atoms with Gasteiger partial charge in [0.25, 0.3) is 5.82 Å².